The van der Waals surface area contributed by atoms with Crippen LogP contribution in [0.2, 0.25) is 5.02 Å². The molecular weight excluding hydrogens is 348 g/mol. The fraction of sp³-hybridized carbons (Fsp3) is 0.111. The first-order valence-corrected chi connectivity index (χ1v) is 7.16. The van der Waals surface area contributed by atoms with Crippen LogP contribution in [0, 0.1) is 10.1 Å². The van der Waals surface area contributed by atoms with E-state index in [9.17, 15) is 18.5 Å². The Morgan fingerprint density at radius 2 is 2.17 bits per heavy atom. The predicted molar refractivity (Wildman–Crippen MR) is 71.4 cm³/mol. The molecule has 6 nitrogen and oxygen atoms in total. The van der Waals surface area contributed by atoms with E-state index in [4.69, 9.17) is 11.6 Å². The summed E-state index contributed by atoms with van der Waals surface area (Å²) < 4.78 is 26.2. The van der Waals surface area contributed by atoms with Gasteiger partial charge in [-0.15, -0.1) is 0 Å². The van der Waals surface area contributed by atoms with Gasteiger partial charge in [-0.25, -0.2) is 13.1 Å². The highest BCUT2D eigenvalue weighted by molar-refractivity contribution is 9.11. The van der Waals surface area contributed by atoms with Crippen LogP contribution in [-0.2, 0) is 10.0 Å². The molecule has 0 unspecified atom stereocenters. The van der Waals surface area contributed by atoms with E-state index in [1.165, 1.54) is 6.07 Å². The van der Waals surface area contributed by atoms with Gasteiger partial charge in [-0.2, -0.15) is 0 Å². The van der Waals surface area contributed by atoms with Gasteiger partial charge >= 0.3 is 0 Å². The minimum absolute atomic E-state index is 0.0151. The second kappa shape index (κ2) is 5.79. The molecular formula is C9H8BrClN2O4S. The lowest BCUT2D eigenvalue weighted by molar-refractivity contribution is -0.384. The highest BCUT2D eigenvalue weighted by atomic mass is 79.9. The molecule has 0 aromatic heterocycles. The molecule has 1 N–H and O–H groups in total. The van der Waals surface area contributed by atoms with Crippen molar-refractivity contribution in [3.63, 3.8) is 0 Å². The summed E-state index contributed by atoms with van der Waals surface area (Å²) in [6.45, 7) is 3.46. The zero-order valence-electron chi connectivity index (χ0n) is 8.89. The Morgan fingerprint density at radius 3 is 2.67 bits per heavy atom. The van der Waals surface area contributed by atoms with Crippen LogP contribution in [0.15, 0.2) is 34.2 Å². The minimum atomic E-state index is -3.83. The Labute approximate surface area is 117 Å². The van der Waals surface area contributed by atoms with Gasteiger partial charge in [-0.1, -0.05) is 34.1 Å². The summed E-state index contributed by atoms with van der Waals surface area (Å²) in [4.78, 5) is 9.68. The van der Waals surface area contributed by atoms with Crippen molar-refractivity contribution in [1.29, 1.82) is 0 Å². The van der Waals surface area contributed by atoms with Crippen LogP contribution in [0.25, 0.3) is 0 Å². The molecule has 0 bridgehead atoms. The number of sulfonamides is 1. The lowest BCUT2D eigenvalue weighted by atomic mass is 10.3. The van der Waals surface area contributed by atoms with E-state index in [2.05, 4.69) is 27.2 Å². The van der Waals surface area contributed by atoms with Crippen molar-refractivity contribution in [3.8, 4) is 0 Å². The standard InChI is InChI=1S/C9H8BrClN2O4S/c1-6(10)5-12-18(16,17)7-2-3-8(11)9(4-7)13(14)15/h2-4,12H,1,5H2. The highest BCUT2D eigenvalue weighted by Crippen LogP contribution is 2.26. The third-order valence-corrected chi connectivity index (χ3v) is 3.88. The number of hydrogen-bond donors (Lipinski definition) is 1. The number of hydrogen-bond acceptors (Lipinski definition) is 4. The van der Waals surface area contributed by atoms with Gasteiger partial charge in [0.25, 0.3) is 5.69 Å². The van der Waals surface area contributed by atoms with Crippen LogP contribution in [-0.4, -0.2) is 19.9 Å². The molecule has 0 radical (unpaired) electrons. The molecule has 0 saturated heterocycles. The third kappa shape index (κ3) is 3.77. The minimum Gasteiger partial charge on any atom is -0.258 e. The number of halogens is 2. The maximum atomic E-state index is 11.8. The fourth-order valence-corrected chi connectivity index (χ4v) is 2.61. The first kappa shape index (κ1) is 15.1. The molecule has 0 amide bonds. The summed E-state index contributed by atoms with van der Waals surface area (Å²) in [6.07, 6.45) is 0. The maximum absolute atomic E-state index is 11.8. The lowest BCUT2D eigenvalue weighted by Gasteiger charge is -2.06. The average molecular weight is 356 g/mol. The zero-order valence-corrected chi connectivity index (χ0v) is 12.0. The van der Waals surface area contributed by atoms with Crippen LogP contribution < -0.4 is 4.72 Å². The Balaban J connectivity index is 3.14. The smallest absolute Gasteiger partial charge is 0.258 e. The monoisotopic (exact) mass is 354 g/mol. The van der Waals surface area contributed by atoms with Gasteiger partial charge in [0.05, 0.1) is 9.82 Å². The van der Waals surface area contributed by atoms with E-state index < -0.39 is 20.6 Å². The normalized spacial score (nSPS) is 11.2. The van der Waals surface area contributed by atoms with E-state index in [1.54, 1.807) is 0 Å². The number of benzene rings is 1. The molecule has 0 aliphatic rings. The van der Waals surface area contributed by atoms with Crippen LogP contribution in [0.4, 0.5) is 5.69 Å². The largest absolute Gasteiger partial charge is 0.289 e. The van der Waals surface area contributed by atoms with Crippen molar-refractivity contribution >= 4 is 43.2 Å². The van der Waals surface area contributed by atoms with E-state index in [-0.39, 0.29) is 16.5 Å². The first-order valence-electron chi connectivity index (χ1n) is 4.51. The van der Waals surface area contributed by atoms with E-state index in [1.807, 2.05) is 0 Å². The molecule has 0 spiro atoms. The number of nitrogens with zero attached hydrogens (tertiary/aromatic N) is 1. The molecule has 0 fully saturated rings. The van der Waals surface area contributed by atoms with Crippen molar-refractivity contribution in [2.45, 2.75) is 4.90 Å². The zero-order chi connectivity index (χ0) is 13.9. The molecule has 1 aromatic rings. The second-order valence-electron chi connectivity index (χ2n) is 3.21. The molecule has 1 aromatic carbocycles. The number of nitrogens with one attached hydrogen (secondary N) is 1. The molecule has 0 heterocycles. The third-order valence-electron chi connectivity index (χ3n) is 1.88. The number of nitro groups is 1. The van der Waals surface area contributed by atoms with E-state index in [0.717, 1.165) is 12.1 Å². The average Bonchev–Trinajstić information content (AvgIpc) is 2.26. The van der Waals surface area contributed by atoms with E-state index >= 15 is 0 Å². The predicted octanol–water partition coefficient (Wildman–Crippen LogP) is 2.44. The molecule has 1 rings (SSSR count). The van der Waals surface area contributed by atoms with Crippen molar-refractivity contribution < 1.29 is 13.3 Å². The molecule has 9 heteroatoms. The lowest BCUT2D eigenvalue weighted by Crippen LogP contribution is -2.24. The van der Waals surface area contributed by atoms with Crippen LogP contribution in [0.3, 0.4) is 0 Å². The number of rotatable bonds is 5. The SMILES string of the molecule is C=C(Br)CNS(=O)(=O)c1ccc(Cl)c([N+](=O)[O-])c1. The summed E-state index contributed by atoms with van der Waals surface area (Å²) in [5.74, 6) is 0. The molecule has 0 atom stereocenters. The Morgan fingerprint density at radius 1 is 1.56 bits per heavy atom. The quantitative estimate of drug-likeness (QED) is 0.649. The summed E-state index contributed by atoms with van der Waals surface area (Å²) in [7, 11) is -3.83. The summed E-state index contributed by atoms with van der Waals surface area (Å²) in [5.41, 5.74) is -0.461. The molecule has 0 saturated carbocycles. The summed E-state index contributed by atoms with van der Waals surface area (Å²) in [5, 5.41) is 10.5. The van der Waals surface area contributed by atoms with Crippen LogP contribution >= 0.6 is 27.5 Å². The summed E-state index contributed by atoms with van der Waals surface area (Å²) in [6, 6.07) is 3.26. The van der Waals surface area contributed by atoms with Gasteiger partial charge in [0.15, 0.2) is 0 Å². The molecule has 98 valence electrons. The van der Waals surface area contributed by atoms with Gasteiger partial charge in [0.2, 0.25) is 10.0 Å². The maximum Gasteiger partial charge on any atom is 0.289 e. The van der Waals surface area contributed by atoms with E-state index in [0.29, 0.717) is 4.48 Å². The number of nitro benzene ring substituents is 1. The van der Waals surface area contributed by atoms with Gasteiger partial charge in [-0.3, -0.25) is 10.1 Å². The second-order valence-corrected chi connectivity index (χ2v) is 6.51. The molecule has 0 aliphatic heterocycles. The van der Waals surface area contributed by atoms with Crippen molar-refractivity contribution in [1.82, 2.24) is 4.72 Å². The molecule has 0 aliphatic carbocycles. The first-order chi connectivity index (χ1) is 8.24. The Hall–Kier alpha value is -0.960. The fourth-order valence-electron chi connectivity index (χ4n) is 1.06. The summed E-state index contributed by atoms with van der Waals surface area (Å²) >= 11 is 8.59. The van der Waals surface area contributed by atoms with Crippen LogP contribution in [0.1, 0.15) is 0 Å². The topological polar surface area (TPSA) is 89.3 Å². The highest BCUT2D eigenvalue weighted by Gasteiger charge is 2.20. The van der Waals surface area contributed by atoms with Crippen LogP contribution in [0.5, 0.6) is 0 Å². The molecule has 18 heavy (non-hydrogen) atoms. The van der Waals surface area contributed by atoms with Gasteiger partial charge in [0, 0.05) is 17.1 Å². The van der Waals surface area contributed by atoms with Gasteiger partial charge in [0.1, 0.15) is 5.02 Å². The Kier molecular flexibility index (Phi) is 4.85. The van der Waals surface area contributed by atoms with Crippen molar-refractivity contribution in [2.24, 2.45) is 0 Å². The van der Waals surface area contributed by atoms with Crippen molar-refractivity contribution in [3.05, 3.63) is 44.4 Å². The van der Waals surface area contributed by atoms with Gasteiger partial charge in [-0.05, 0) is 12.1 Å². The van der Waals surface area contributed by atoms with Gasteiger partial charge < -0.3 is 0 Å². The van der Waals surface area contributed by atoms with Crippen molar-refractivity contribution in [2.75, 3.05) is 6.54 Å². The Bertz CT molecular complexity index is 603.